The normalized spacial score (nSPS) is 12.6. The van der Waals surface area contributed by atoms with Crippen LogP contribution in [-0.2, 0) is 21.7 Å². The second-order valence-corrected chi connectivity index (χ2v) is 20.1. The molecule has 3 aromatic heterocycles. The number of rotatable bonds is 9. The minimum absolute atomic E-state index is 0.0109. The fraction of sp³-hybridized carbons (Fsp3) is 0.241. The molecule has 0 spiro atoms. The van der Waals surface area contributed by atoms with Crippen molar-refractivity contribution in [3.63, 3.8) is 0 Å². The first-order valence-corrected chi connectivity index (χ1v) is 22.1. The highest BCUT2D eigenvalue weighted by atomic mass is 16.5. The van der Waals surface area contributed by atoms with E-state index in [1.807, 2.05) is 12.3 Å². The molecule has 0 aliphatic heterocycles. The molecule has 9 aromatic rings. The third-order valence-electron chi connectivity index (χ3n) is 12.9. The van der Waals surface area contributed by atoms with Gasteiger partial charge in [0.15, 0.2) is 0 Å². The van der Waals surface area contributed by atoms with Crippen molar-refractivity contribution in [2.75, 3.05) is 0 Å². The van der Waals surface area contributed by atoms with Gasteiger partial charge in [0.1, 0.15) is 17.3 Å². The van der Waals surface area contributed by atoms with E-state index in [0.717, 1.165) is 50.8 Å². The van der Waals surface area contributed by atoms with E-state index in [-0.39, 0.29) is 21.7 Å². The van der Waals surface area contributed by atoms with Crippen molar-refractivity contribution in [3.05, 3.63) is 210 Å². The van der Waals surface area contributed by atoms with E-state index in [2.05, 4.69) is 247 Å². The van der Waals surface area contributed by atoms with Crippen LogP contribution in [0.2, 0.25) is 0 Å². The number of imidazole rings is 1. The lowest BCUT2D eigenvalue weighted by atomic mass is 9.78. The van der Waals surface area contributed by atoms with Gasteiger partial charge in [-0.2, -0.15) is 0 Å². The lowest BCUT2D eigenvalue weighted by Gasteiger charge is -2.27. The molecule has 9 rings (SSSR count). The van der Waals surface area contributed by atoms with Crippen molar-refractivity contribution in [1.82, 2.24) is 14.1 Å². The quantitative estimate of drug-likeness (QED) is 0.107. The third-order valence-corrected chi connectivity index (χ3v) is 12.9. The highest BCUT2D eigenvalue weighted by Gasteiger charge is 2.30. The molecule has 0 saturated heterocycles. The van der Waals surface area contributed by atoms with Gasteiger partial charge >= 0.3 is 0 Å². The van der Waals surface area contributed by atoms with Crippen molar-refractivity contribution in [1.29, 1.82) is 0 Å². The number of benzene rings is 6. The zero-order valence-corrected chi connectivity index (χ0v) is 38.4. The molecule has 0 aliphatic rings. The topological polar surface area (TPSA) is 35.9 Å². The van der Waals surface area contributed by atoms with Gasteiger partial charge in [-0.25, -0.2) is 4.98 Å². The summed E-state index contributed by atoms with van der Waals surface area (Å²) in [4.78, 5) is 4.94. The third kappa shape index (κ3) is 7.86. The average molecular weight is 827 g/mol. The monoisotopic (exact) mass is 826 g/mol. The standard InChI is InChI=1S/C58H58N4O/c1-55(2,3)42-27-30-51-50(34-42)49-29-28-48(37-52(49)62(51)54-35-43(31-32-59-54)56(4,5)6)63-47-26-18-25-46(36-47)61-39-60(38-53(61)58(9,10)41-21-15-12-16-22-41)45-24-17-23-44(33-45)57(7,8)40-19-13-11-14-20-40/h11-38H,1-10H3. The molecular weight excluding hydrogens is 769 g/mol. The summed E-state index contributed by atoms with van der Waals surface area (Å²) in [6.45, 7) is 22.7. The molecule has 0 radical (unpaired) electrons. The summed E-state index contributed by atoms with van der Waals surface area (Å²) in [6.07, 6.45) is 7.92. The zero-order chi connectivity index (χ0) is 44.3. The summed E-state index contributed by atoms with van der Waals surface area (Å²) in [7, 11) is 0. The second kappa shape index (κ2) is 15.6. The van der Waals surface area contributed by atoms with Gasteiger partial charge in [0.2, 0.25) is 0 Å². The maximum absolute atomic E-state index is 6.82. The van der Waals surface area contributed by atoms with E-state index >= 15 is 0 Å². The van der Waals surface area contributed by atoms with Crippen LogP contribution in [0.15, 0.2) is 170 Å². The van der Waals surface area contributed by atoms with E-state index in [4.69, 9.17) is 9.72 Å². The highest BCUT2D eigenvalue weighted by Crippen LogP contribution is 2.39. The molecule has 0 bridgehead atoms. The van der Waals surface area contributed by atoms with Crippen molar-refractivity contribution >= 4 is 21.8 Å². The number of hydrogen-bond acceptors (Lipinski definition) is 2. The van der Waals surface area contributed by atoms with E-state index in [0.29, 0.717) is 0 Å². The van der Waals surface area contributed by atoms with Gasteiger partial charge in [0.25, 0.3) is 6.33 Å². The van der Waals surface area contributed by atoms with E-state index < -0.39 is 0 Å². The smallest absolute Gasteiger partial charge is 0.269 e. The summed E-state index contributed by atoms with van der Waals surface area (Å²) in [6, 6.07) is 56.3. The van der Waals surface area contributed by atoms with E-state index in [1.54, 1.807) is 0 Å². The lowest BCUT2D eigenvalue weighted by molar-refractivity contribution is -0.599. The first kappa shape index (κ1) is 41.6. The number of fused-ring (bicyclic) bond motifs is 3. The van der Waals surface area contributed by atoms with E-state index in [9.17, 15) is 0 Å². The molecule has 0 N–H and O–H groups in total. The van der Waals surface area contributed by atoms with Crippen LogP contribution in [0.25, 0.3) is 39.0 Å². The molecule has 5 heteroatoms. The molecule has 63 heavy (non-hydrogen) atoms. The Hall–Kier alpha value is -6.72. The van der Waals surface area contributed by atoms with Crippen LogP contribution in [0.3, 0.4) is 0 Å². The van der Waals surface area contributed by atoms with Crippen LogP contribution >= 0.6 is 0 Å². The first-order chi connectivity index (χ1) is 30.0. The van der Waals surface area contributed by atoms with Crippen molar-refractivity contribution in [2.24, 2.45) is 0 Å². The van der Waals surface area contributed by atoms with Crippen LogP contribution in [0.4, 0.5) is 0 Å². The largest absolute Gasteiger partial charge is 0.458 e. The summed E-state index contributed by atoms with van der Waals surface area (Å²) >= 11 is 0. The Bertz CT molecular complexity index is 3100. The number of hydrogen-bond donors (Lipinski definition) is 0. The molecule has 0 fully saturated rings. The molecule has 6 aromatic carbocycles. The van der Waals surface area contributed by atoms with Gasteiger partial charge in [-0.15, -0.1) is 0 Å². The van der Waals surface area contributed by atoms with Crippen LogP contribution in [0.5, 0.6) is 11.5 Å². The minimum Gasteiger partial charge on any atom is -0.458 e. The van der Waals surface area contributed by atoms with Gasteiger partial charge in [0, 0.05) is 40.1 Å². The Kier molecular flexibility index (Phi) is 10.3. The van der Waals surface area contributed by atoms with Gasteiger partial charge < -0.3 is 4.74 Å². The summed E-state index contributed by atoms with van der Waals surface area (Å²) in [5.41, 5.74) is 11.0. The number of ether oxygens (including phenoxy) is 1. The Balaban J connectivity index is 1.14. The predicted octanol–water partition coefficient (Wildman–Crippen LogP) is 14.1. The van der Waals surface area contributed by atoms with Crippen LogP contribution < -0.4 is 9.30 Å². The molecular formula is C58H58N4O. The SMILES string of the molecule is CC(C)(C)c1ccnc(-n2c3ccc(C(C)(C)C)cc3c3ccc(Oc4cccc(-n5[c-][n+](-c6cccc(C(C)(C)c7ccccc7)c6)cc5C(C)(C)c5ccccc5)c4)cc32)c1. The van der Waals surface area contributed by atoms with Crippen LogP contribution in [-0.4, -0.2) is 14.1 Å². The van der Waals surface area contributed by atoms with E-state index in [1.165, 1.54) is 33.2 Å². The van der Waals surface area contributed by atoms with Crippen molar-refractivity contribution < 1.29 is 9.30 Å². The summed E-state index contributed by atoms with van der Waals surface area (Å²) < 4.78 is 13.4. The Morgan fingerprint density at radius 1 is 0.492 bits per heavy atom. The predicted molar refractivity (Wildman–Crippen MR) is 259 cm³/mol. The summed E-state index contributed by atoms with van der Waals surface area (Å²) in [5, 5.41) is 2.36. The molecule has 316 valence electrons. The van der Waals surface area contributed by atoms with Gasteiger partial charge in [-0.1, -0.05) is 154 Å². The average Bonchev–Trinajstić information content (AvgIpc) is 3.87. The number of pyridine rings is 1. The fourth-order valence-corrected chi connectivity index (χ4v) is 8.82. The first-order valence-electron chi connectivity index (χ1n) is 22.1. The van der Waals surface area contributed by atoms with Crippen molar-refractivity contribution in [2.45, 2.75) is 90.9 Å². The van der Waals surface area contributed by atoms with Gasteiger partial charge in [-0.3, -0.25) is 13.7 Å². The zero-order valence-electron chi connectivity index (χ0n) is 38.4. The molecule has 0 unspecified atom stereocenters. The number of aromatic nitrogens is 4. The Morgan fingerprint density at radius 2 is 1.13 bits per heavy atom. The van der Waals surface area contributed by atoms with Crippen molar-refractivity contribution in [3.8, 4) is 28.7 Å². The van der Waals surface area contributed by atoms with Gasteiger partial charge in [0.05, 0.1) is 28.1 Å². The molecule has 0 saturated carbocycles. The minimum atomic E-state index is -0.357. The molecule has 0 aliphatic carbocycles. The van der Waals surface area contributed by atoms with Gasteiger partial charge in [-0.05, 0) is 105 Å². The molecule has 3 heterocycles. The maximum atomic E-state index is 6.82. The fourth-order valence-electron chi connectivity index (χ4n) is 8.82. The Morgan fingerprint density at radius 3 is 1.83 bits per heavy atom. The second-order valence-electron chi connectivity index (χ2n) is 20.1. The molecule has 0 atom stereocenters. The molecule has 0 amide bonds. The maximum Gasteiger partial charge on any atom is 0.269 e. The summed E-state index contributed by atoms with van der Waals surface area (Å²) in [5.74, 6) is 2.38. The molecule has 5 nitrogen and oxygen atoms in total. The number of nitrogens with zero attached hydrogens (tertiary/aromatic N) is 4. The lowest BCUT2D eigenvalue weighted by Crippen LogP contribution is -2.30. The highest BCUT2D eigenvalue weighted by molar-refractivity contribution is 6.09. The van der Waals surface area contributed by atoms with Crippen LogP contribution in [0, 0.1) is 6.33 Å². The van der Waals surface area contributed by atoms with Crippen LogP contribution in [0.1, 0.15) is 103 Å². The Labute approximate surface area is 373 Å².